The molecule has 0 spiro atoms. The van der Waals surface area contributed by atoms with E-state index >= 15 is 0 Å². The number of hydrogen-bond acceptors (Lipinski definition) is 2. The van der Waals surface area contributed by atoms with E-state index in [0.717, 1.165) is 23.1 Å². The molecule has 0 aromatic heterocycles. The predicted molar refractivity (Wildman–Crippen MR) is 96.7 cm³/mol. The number of nitrogens with one attached hydrogen (secondary N) is 1. The van der Waals surface area contributed by atoms with Gasteiger partial charge in [-0.1, -0.05) is 42.8 Å². The van der Waals surface area contributed by atoms with Crippen molar-refractivity contribution in [2.45, 2.75) is 33.6 Å². The lowest BCUT2D eigenvalue weighted by atomic mass is 9.96. The van der Waals surface area contributed by atoms with Crippen LogP contribution >= 0.6 is 0 Å². The van der Waals surface area contributed by atoms with Crippen LogP contribution in [0.3, 0.4) is 0 Å². The number of carbonyl (C=O) groups excluding carboxylic acids is 1. The lowest BCUT2D eigenvalue weighted by Crippen LogP contribution is -2.19. The number of benzene rings is 1. The fourth-order valence-corrected chi connectivity index (χ4v) is 2.22. The smallest absolute Gasteiger partial charge is 0.335 e. The highest BCUT2D eigenvalue weighted by Crippen LogP contribution is 2.19. The zero-order valence-electron chi connectivity index (χ0n) is 14.7. The molecule has 0 aliphatic carbocycles. The molecular weight excluding hydrogens is 302 g/mol. The Kier molecular flexibility index (Phi) is 7.69. The van der Waals surface area contributed by atoms with Crippen LogP contribution in [0.1, 0.15) is 32.8 Å². The van der Waals surface area contributed by atoms with Gasteiger partial charge in [0, 0.05) is 12.6 Å². The molecule has 24 heavy (non-hydrogen) atoms. The topological polar surface area (TPSA) is 66.4 Å². The molecule has 0 aliphatic rings. The lowest BCUT2D eigenvalue weighted by molar-refractivity contribution is -0.132. The minimum absolute atomic E-state index is 0.106. The van der Waals surface area contributed by atoms with Crippen molar-refractivity contribution in [2.75, 3.05) is 7.05 Å². The first-order chi connectivity index (χ1) is 11.4. The van der Waals surface area contributed by atoms with Crippen LogP contribution in [-0.2, 0) is 16.0 Å². The summed E-state index contributed by atoms with van der Waals surface area (Å²) in [4.78, 5) is 23.2. The second-order valence-corrected chi connectivity index (χ2v) is 5.63. The zero-order chi connectivity index (χ0) is 18.1. The molecule has 0 unspecified atom stereocenters. The van der Waals surface area contributed by atoms with Crippen LogP contribution in [0.4, 0.5) is 0 Å². The van der Waals surface area contributed by atoms with Crippen LogP contribution in [0.15, 0.2) is 64.8 Å². The van der Waals surface area contributed by atoms with Crippen LogP contribution < -0.4 is 5.32 Å². The van der Waals surface area contributed by atoms with E-state index in [0.29, 0.717) is 12.0 Å². The molecule has 0 saturated heterocycles. The van der Waals surface area contributed by atoms with Gasteiger partial charge >= 0.3 is 5.97 Å². The molecule has 1 aromatic rings. The van der Waals surface area contributed by atoms with E-state index in [-0.39, 0.29) is 11.5 Å². The van der Waals surface area contributed by atoms with Gasteiger partial charge in [-0.3, -0.25) is 4.79 Å². The maximum absolute atomic E-state index is 11.6. The number of amides is 1. The second-order valence-electron chi connectivity index (χ2n) is 5.63. The highest BCUT2D eigenvalue weighted by atomic mass is 16.4. The van der Waals surface area contributed by atoms with Crippen molar-refractivity contribution in [3.05, 3.63) is 70.3 Å². The van der Waals surface area contributed by atoms with Gasteiger partial charge in [0.05, 0.1) is 5.57 Å². The average Bonchev–Trinajstić information content (AvgIpc) is 2.59. The second kappa shape index (κ2) is 9.50. The Morgan fingerprint density at radius 3 is 2.25 bits per heavy atom. The molecule has 0 aliphatic heterocycles. The molecule has 0 radical (unpaired) electrons. The molecule has 0 heterocycles. The molecular formula is C20H25NO3. The van der Waals surface area contributed by atoms with Gasteiger partial charge in [-0.25, -0.2) is 4.79 Å². The SMILES string of the molecule is CCC(C)=C(/C=C(\C=C(/C)C(=O)NC)C(=O)O)Cc1ccccc1. The Labute approximate surface area is 143 Å². The summed E-state index contributed by atoms with van der Waals surface area (Å²) in [6, 6.07) is 9.91. The summed E-state index contributed by atoms with van der Waals surface area (Å²) in [5, 5.41) is 12.0. The summed E-state index contributed by atoms with van der Waals surface area (Å²) >= 11 is 0. The van der Waals surface area contributed by atoms with Crippen LogP contribution in [0.2, 0.25) is 0 Å². The Morgan fingerprint density at radius 2 is 1.75 bits per heavy atom. The van der Waals surface area contributed by atoms with Gasteiger partial charge in [-0.05, 0) is 50.0 Å². The molecule has 0 atom stereocenters. The molecule has 4 heteroatoms. The largest absolute Gasteiger partial charge is 0.478 e. The normalized spacial score (nSPS) is 13.3. The van der Waals surface area contributed by atoms with Crippen molar-refractivity contribution in [1.82, 2.24) is 5.32 Å². The fraction of sp³-hybridized carbons (Fsp3) is 0.300. The first-order valence-electron chi connectivity index (χ1n) is 7.97. The van der Waals surface area contributed by atoms with Crippen molar-refractivity contribution in [2.24, 2.45) is 0 Å². The van der Waals surface area contributed by atoms with E-state index in [4.69, 9.17) is 0 Å². The monoisotopic (exact) mass is 327 g/mol. The minimum atomic E-state index is -1.05. The van der Waals surface area contributed by atoms with Gasteiger partial charge < -0.3 is 10.4 Å². The van der Waals surface area contributed by atoms with Crippen molar-refractivity contribution >= 4 is 11.9 Å². The van der Waals surface area contributed by atoms with Gasteiger partial charge in [0.25, 0.3) is 0 Å². The molecule has 4 nitrogen and oxygen atoms in total. The zero-order valence-corrected chi connectivity index (χ0v) is 14.7. The Balaban J connectivity index is 3.27. The fourth-order valence-electron chi connectivity index (χ4n) is 2.22. The molecule has 2 N–H and O–H groups in total. The standard InChI is InChI=1S/C20H25NO3/c1-5-14(2)17(12-16-9-7-6-8-10-16)13-18(20(23)24)11-15(3)19(22)21-4/h6-11,13H,5,12H2,1-4H3,(H,21,22)(H,23,24)/b15-11+,17-14?,18-13+. The third-order valence-corrected chi connectivity index (χ3v) is 3.85. The first kappa shape index (κ1) is 19.4. The number of carbonyl (C=O) groups is 2. The lowest BCUT2D eigenvalue weighted by Gasteiger charge is -2.09. The Hall–Kier alpha value is -2.62. The van der Waals surface area contributed by atoms with Crippen molar-refractivity contribution in [1.29, 1.82) is 0 Å². The molecule has 1 amide bonds. The molecule has 0 fully saturated rings. The Morgan fingerprint density at radius 1 is 1.12 bits per heavy atom. The number of allylic oxidation sites excluding steroid dienone is 3. The highest BCUT2D eigenvalue weighted by Gasteiger charge is 2.10. The Bertz CT molecular complexity index is 682. The minimum Gasteiger partial charge on any atom is -0.478 e. The molecule has 1 rings (SSSR count). The number of aliphatic carboxylic acids is 1. The van der Waals surface area contributed by atoms with Crippen LogP contribution in [0.25, 0.3) is 0 Å². The molecule has 128 valence electrons. The van der Waals surface area contributed by atoms with E-state index in [9.17, 15) is 14.7 Å². The van der Waals surface area contributed by atoms with Gasteiger partial charge in [-0.15, -0.1) is 0 Å². The highest BCUT2D eigenvalue weighted by molar-refractivity contribution is 5.97. The summed E-state index contributed by atoms with van der Waals surface area (Å²) in [6.45, 7) is 5.65. The summed E-state index contributed by atoms with van der Waals surface area (Å²) in [5.41, 5.74) is 3.67. The molecule has 0 bridgehead atoms. The summed E-state index contributed by atoms with van der Waals surface area (Å²) in [5.74, 6) is -1.34. The van der Waals surface area contributed by atoms with E-state index in [1.165, 1.54) is 13.1 Å². The third-order valence-electron chi connectivity index (χ3n) is 3.85. The number of carboxylic acids is 1. The summed E-state index contributed by atoms with van der Waals surface area (Å²) < 4.78 is 0. The van der Waals surface area contributed by atoms with E-state index in [1.54, 1.807) is 13.0 Å². The van der Waals surface area contributed by atoms with Gasteiger partial charge in [0.2, 0.25) is 5.91 Å². The average molecular weight is 327 g/mol. The number of hydrogen-bond donors (Lipinski definition) is 2. The van der Waals surface area contributed by atoms with Crippen LogP contribution in [0.5, 0.6) is 0 Å². The van der Waals surface area contributed by atoms with Crippen molar-refractivity contribution in [3.63, 3.8) is 0 Å². The number of likely N-dealkylation sites (N-methyl/N-ethyl adjacent to an activating group) is 1. The summed E-state index contributed by atoms with van der Waals surface area (Å²) in [7, 11) is 1.52. The number of rotatable bonds is 7. The third kappa shape index (κ3) is 5.88. The maximum Gasteiger partial charge on any atom is 0.335 e. The van der Waals surface area contributed by atoms with Crippen LogP contribution in [0, 0.1) is 0 Å². The van der Waals surface area contributed by atoms with E-state index in [1.807, 2.05) is 44.2 Å². The van der Waals surface area contributed by atoms with Gasteiger partial charge in [0.15, 0.2) is 0 Å². The predicted octanol–water partition coefficient (Wildman–Crippen LogP) is 3.66. The molecule has 0 saturated carbocycles. The number of carboxylic acid groups (broad SMARTS) is 1. The molecule has 1 aromatic carbocycles. The summed E-state index contributed by atoms with van der Waals surface area (Å²) in [6.07, 6.45) is 4.57. The van der Waals surface area contributed by atoms with Gasteiger partial charge in [-0.2, -0.15) is 0 Å². The quantitative estimate of drug-likeness (QED) is 0.593. The van der Waals surface area contributed by atoms with Crippen molar-refractivity contribution < 1.29 is 14.7 Å². The van der Waals surface area contributed by atoms with Gasteiger partial charge in [0.1, 0.15) is 0 Å². The van der Waals surface area contributed by atoms with Crippen molar-refractivity contribution in [3.8, 4) is 0 Å². The van der Waals surface area contributed by atoms with E-state index in [2.05, 4.69) is 5.32 Å². The first-order valence-corrected chi connectivity index (χ1v) is 7.97. The maximum atomic E-state index is 11.6. The van der Waals surface area contributed by atoms with Crippen LogP contribution in [-0.4, -0.2) is 24.0 Å². The van der Waals surface area contributed by atoms with E-state index < -0.39 is 5.97 Å².